The monoisotopic (exact) mass is 246 g/mol. The number of aliphatic carboxylic acids is 1. The molecule has 0 aliphatic heterocycles. The Morgan fingerprint density at radius 3 is 2.41 bits per heavy atom. The van der Waals surface area contributed by atoms with Crippen molar-refractivity contribution < 1.29 is 27.8 Å². The van der Waals surface area contributed by atoms with Crippen LogP contribution in [0.15, 0.2) is 36.1 Å². The largest absolute Gasteiger partial charge is 0.475 e. The highest BCUT2D eigenvalue weighted by Gasteiger charge is 2.34. The Labute approximate surface area is 95.1 Å². The predicted molar refractivity (Wildman–Crippen MR) is 54.1 cm³/mol. The van der Waals surface area contributed by atoms with E-state index in [2.05, 4.69) is 4.74 Å². The molecule has 0 unspecified atom stereocenters. The molecular weight excluding hydrogens is 237 g/mol. The summed E-state index contributed by atoms with van der Waals surface area (Å²) in [6.45, 7) is -2.09. The van der Waals surface area contributed by atoms with Gasteiger partial charge in [-0.3, -0.25) is 0 Å². The summed E-state index contributed by atoms with van der Waals surface area (Å²) in [7, 11) is 0. The molecule has 0 atom stereocenters. The molecular formula is C11H9F3O3. The van der Waals surface area contributed by atoms with E-state index in [4.69, 9.17) is 5.11 Å². The zero-order valence-electron chi connectivity index (χ0n) is 8.57. The number of hydrogen-bond acceptors (Lipinski definition) is 2. The van der Waals surface area contributed by atoms with E-state index >= 15 is 0 Å². The van der Waals surface area contributed by atoms with Gasteiger partial charge in [0.15, 0.2) is 6.67 Å². The number of carboxylic acids is 1. The molecule has 0 spiro atoms. The Kier molecular flexibility index (Phi) is 4.14. The predicted octanol–water partition coefficient (Wildman–Crippen LogP) is 2.69. The Morgan fingerprint density at radius 1 is 1.35 bits per heavy atom. The molecule has 0 aliphatic rings. The fourth-order valence-electron chi connectivity index (χ4n) is 1.02. The van der Waals surface area contributed by atoms with Crippen molar-refractivity contribution in [2.45, 2.75) is 6.11 Å². The van der Waals surface area contributed by atoms with Gasteiger partial charge in [0.2, 0.25) is 5.76 Å². The van der Waals surface area contributed by atoms with Gasteiger partial charge < -0.3 is 9.84 Å². The van der Waals surface area contributed by atoms with E-state index in [1.807, 2.05) is 0 Å². The minimum absolute atomic E-state index is 0.361. The van der Waals surface area contributed by atoms with E-state index in [0.29, 0.717) is 5.56 Å². The molecule has 3 nitrogen and oxygen atoms in total. The SMILES string of the molecule is O=C(O)/C(=C\c1ccccc1)OC(F)(F)CF. The average Bonchev–Trinajstić information content (AvgIpc) is 2.29. The lowest BCUT2D eigenvalue weighted by Gasteiger charge is -2.14. The zero-order valence-corrected chi connectivity index (χ0v) is 8.57. The normalized spacial score (nSPS) is 12.3. The number of halogens is 3. The van der Waals surface area contributed by atoms with E-state index in [9.17, 15) is 18.0 Å². The highest BCUT2D eigenvalue weighted by Crippen LogP contribution is 2.21. The molecule has 0 radical (unpaired) electrons. The van der Waals surface area contributed by atoms with Crippen LogP contribution in [0.1, 0.15) is 5.56 Å². The lowest BCUT2D eigenvalue weighted by molar-refractivity contribution is -0.225. The number of ether oxygens (including phenoxy) is 1. The molecule has 92 valence electrons. The van der Waals surface area contributed by atoms with Crippen molar-refractivity contribution in [3.8, 4) is 0 Å². The Balaban J connectivity index is 2.95. The van der Waals surface area contributed by atoms with Gasteiger partial charge in [-0.2, -0.15) is 8.78 Å². The molecule has 0 amide bonds. The van der Waals surface area contributed by atoms with Crippen LogP contribution < -0.4 is 0 Å². The molecule has 0 aromatic heterocycles. The van der Waals surface area contributed by atoms with Crippen LogP contribution in [0.25, 0.3) is 6.08 Å². The summed E-state index contributed by atoms with van der Waals surface area (Å²) < 4.78 is 40.8. The highest BCUT2D eigenvalue weighted by atomic mass is 19.3. The number of hydrogen-bond donors (Lipinski definition) is 1. The number of carboxylic acid groups (broad SMARTS) is 1. The van der Waals surface area contributed by atoms with Crippen molar-refractivity contribution >= 4 is 12.0 Å². The van der Waals surface area contributed by atoms with Crippen molar-refractivity contribution in [2.24, 2.45) is 0 Å². The van der Waals surface area contributed by atoms with Crippen molar-refractivity contribution in [2.75, 3.05) is 6.67 Å². The summed E-state index contributed by atoms with van der Waals surface area (Å²) in [4.78, 5) is 10.6. The molecule has 1 N–H and O–H groups in total. The third-order valence-corrected chi connectivity index (χ3v) is 1.72. The number of alkyl halides is 3. The second-order valence-corrected chi connectivity index (χ2v) is 3.10. The molecule has 17 heavy (non-hydrogen) atoms. The van der Waals surface area contributed by atoms with Crippen LogP contribution in [-0.4, -0.2) is 23.9 Å². The topological polar surface area (TPSA) is 46.5 Å². The van der Waals surface area contributed by atoms with Crippen LogP contribution >= 0.6 is 0 Å². The Morgan fingerprint density at radius 2 is 1.94 bits per heavy atom. The Hall–Kier alpha value is -1.98. The van der Waals surface area contributed by atoms with Crippen LogP contribution in [-0.2, 0) is 9.53 Å². The Bertz CT molecular complexity index is 415. The maximum Gasteiger partial charge on any atom is 0.427 e. The zero-order chi connectivity index (χ0) is 12.9. The fourth-order valence-corrected chi connectivity index (χ4v) is 1.02. The third-order valence-electron chi connectivity index (χ3n) is 1.72. The van der Waals surface area contributed by atoms with Gasteiger partial charge in [-0.05, 0) is 11.6 Å². The van der Waals surface area contributed by atoms with E-state index in [0.717, 1.165) is 6.08 Å². The first-order valence-corrected chi connectivity index (χ1v) is 4.57. The number of benzene rings is 1. The van der Waals surface area contributed by atoms with Crippen molar-refractivity contribution in [1.82, 2.24) is 0 Å². The summed E-state index contributed by atoms with van der Waals surface area (Å²) in [6.07, 6.45) is -3.25. The maximum atomic E-state index is 12.6. The van der Waals surface area contributed by atoms with Gasteiger partial charge in [0.1, 0.15) is 0 Å². The van der Waals surface area contributed by atoms with Crippen molar-refractivity contribution in [1.29, 1.82) is 0 Å². The molecule has 0 saturated heterocycles. The van der Waals surface area contributed by atoms with Crippen molar-refractivity contribution in [3.63, 3.8) is 0 Å². The van der Waals surface area contributed by atoms with E-state index in [1.54, 1.807) is 18.2 Å². The van der Waals surface area contributed by atoms with Gasteiger partial charge in [0, 0.05) is 0 Å². The minimum atomic E-state index is -4.14. The lowest BCUT2D eigenvalue weighted by atomic mass is 10.2. The van der Waals surface area contributed by atoms with Gasteiger partial charge in [-0.25, -0.2) is 9.18 Å². The van der Waals surface area contributed by atoms with Crippen LogP contribution in [0.4, 0.5) is 13.2 Å². The first-order chi connectivity index (χ1) is 7.94. The third kappa shape index (κ3) is 4.18. The molecule has 0 bridgehead atoms. The van der Waals surface area contributed by atoms with Crippen LogP contribution in [0.5, 0.6) is 0 Å². The summed E-state index contributed by atoms with van der Waals surface area (Å²) in [6, 6.07) is 7.87. The second-order valence-electron chi connectivity index (χ2n) is 3.10. The number of carbonyl (C=O) groups is 1. The molecule has 0 heterocycles. The van der Waals surface area contributed by atoms with Crippen LogP contribution in [0, 0.1) is 0 Å². The van der Waals surface area contributed by atoms with Gasteiger partial charge in [0.25, 0.3) is 0 Å². The van der Waals surface area contributed by atoms with Gasteiger partial charge in [0.05, 0.1) is 0 Å². The first kappa shape index (κ1) is 13.1. The molecule has 1 aromatic rings. The summed E-state index contributed by atoms with van der Waals surface area (Å²) in [5.74, 6) is -2.71. The van der Waals surface area contributed by atoms with Gasteiger partial charge in [-0.1, -0.05) is 30.3 Å². The molecule has 6 heteroatoms. The molecule has 1 aromatic carbocycles. The first-order valence-electron chi connectivity index (χ1n) is 4.57. The second kappa shape index (κ2) is 5.38. The van der Waals surface area contributed by atoms with E-state index in [-0.39, 0.29) is 0 Å². The van der Waals surface area contributed by atoms with Gasteiger partial charge >= 0.3 is 12.1 Å². The smallest absolute Gasteiger partial charge is 0.427 e. The summed E-state index contributed by atoms with van der Waals surface area (Å²) in [5.41, 5.74) is 0.361. The summed E-state index contributed by atoms with van der Waals surface area (Å²) in [5, 5.41) is 8.64. The molecule has 0 saturated carbocycles. The lowest BCUT2D eigenvalue weighted by Crippen LogP contribution is -2.25. The van der Waals surface area contributed by atoms with E-state index in [1.165, 1.54) is 12.1 Å². The fraction of sp³-hybridized carbons (Fsp3) is 0.182. The minimum Gasteiger partial charge on any atom is -0.475 e. The van der Waals surface area contributed by atoms with Crippen LogP contribution in [0.2, 0.25) is 0 Å². The summed E-state index contributed by atoms with van der Waals surface area (Å²) >= 11 is 0. The standard InChI is InChI=1S/C11H9F3O3/c12-7-11(13,14)17-9(10(15)16)6-8-4-2-1-3-5-8/h1-6H,7H2,(H,15,16)/b9-6+. The average molecular weight is 246 g/mol. The molecule has 0 fully saturated rings. The molecule has 1 rings (SSSR count). The van der Waals surface area contributed by atoms with Crippen molar-refractivity contribution in [3.05, 3.63) is 41.7 Å². The van der Waals surface area contributed by atoms with E-state index < -0.39 is 24.5 Å². The molecule has 0 aliphatic carbocycles. The van der Waals surface area contributed by atoms with Crippen LogP contribution in [0.3, 0.4) is 0 Å². The number of rotatable bonds is 5. The quantitative estimate of drug-likeness (QED) is 0.641. The van der Waals surface area contributed by atoms with Gasteiger partial charge in [-0.15, -0.1) is 0 Å². The highest BCUT2D eigenvalue weighted by molar-refractivity contribution is 5.89. The maximum absolute atomic E-state index is 12.6.